The summed E-state index contributed by atoms with van der Waals surface area (Å²) in [7, 11) is 0. The fraction of sp³-hybridized carbons (Fsp3) is 0.185. The largest absolute Gasteiger partial charge is 0.360 e. The van der Waals surface area contributed by atoms with E-state index in [1.807, 2.05) is 36.4 Å². The number of aryl methyl sites for hydroxylation is 2. The normalized spacial score (nSPS) is 11.2. The van der Waals surface area contributed by atoms with Gasteiger partial charge in [-0.25, -0.2) is 0 Å². The minimum absolute atomic E-state index is 0.0550. The predicted octanol–water partition coefficient (Wildman–Crippen LogP) is 5.91. The van der Waals surface area contributed by atoms with Crippen molar-refractivity contribution in [3.63, 3.8) is 0 Å². The van der Waals surface area contributed by atoms with Crippen LogP contribution in [0.3, 0.4) is 0 Å². The fourth-order valence-electron chi connectivity index (χ4n) is 4.26. The van der Waals surface area contributed by atoms with Crippen LogP contribution in [0.5, 0.6) is 0 Å². The molecule has 0 fully saturated rings. The minimum atomic E-state index is 0.0550. The van der Waals surface area contributed by atoms with E-state index in [-0.39, 0.29) is 11.5 Å². The lowest BCUT2D eigenvalue weighted by Gasteiger charge is -2.17. The van der Waals surface area contributed by atoms with Crippen LogP contribution in [0.2, 0.25) is 0 Å². The van der Waals surface area contributed by atoms with E-state index in [2.05, 4.69) is 56.8 Å². The van der Waals surface area contributed by atoms with Crippen LogP contribution in [0, 0.1) is 0 Å². The first kappa shape index (κ1) is 22.1. The van der Waals surface area contributed by atoms with Gasteiger partial charge >= 0.3 is 0 Å². The molecule has 0 saturated heterocycles. The molecule has 3 heterocycles. The molecule has 2 aromatic carbocycles. The molecule has 0 aliphatic rings. The second-order valence-electron chi connectivity index (χ2n) is 7.98. The number of carbonyl (C=O) groups is 1. The zero-order chi connectivity index (χ0) is 23.5. The highest BCUT2D eigenvalue weighted by atomic mass is 32.2. The third-order valence-electron chi connectivity index (χ3n) is 5.96. The number of para-hydroxylation sites is 2. The maximum Gasteiger partial charge on any atom is 0.196 e. The number of fused-ring (bicyclic) bond motifs is 1. The number of benzene rings is 2. The molecule has 0 radical (unpaired) electrons. The van der Waals surface area contributed by atoms with Gasteiger partial charge in [0.1, 0.15) is 0 Å². The van der Waals surface area contributed by atoms with Crippen molar-refractivity contribution >= 4 is 28.4 Å². The Labute approximate surface area is 202 Å². The Balaban J connectivity index is 1.56. The molecule has 0 aliphatic carbocycles. The van der Waals surface area contributed by atoms with E-state index < -0.39 is 0 Å². The number of nitrogens with one attached hydrogen (secondary N) is 1. The summed E-state index contributed by atoms with van der Waals surface area (Å²) in [5.74, 6) is 1.05. The van der Waals surface area contributed by atoms with Crippen LogP contribution < -0.4 is 0 Å². The van der Waals surface area contributed by atoms with E-state index in [1.54, 1.807) is 18.6 Å². The third kappa shape index (κ3) is 4.03. The highest BCUT2D eigenvalue weighted by Gasteiger charge is 2.22. The SMILES string of the molecule is CCc1cccc(CC)c1-n1c(SCC(=O)c2c[nH]c3ccccc23)nnc1-c1cccnc1. The zero-order valence-corrected chi connectivity index (χ0v) is 20.0. The Bertz CT molecular complexity index is 1430. The van der Waals surface area contributed by atoms with Crippen LogP contribution in [0.15, 0.2) is 78.3 Å². The molecule has 0 saturated carbocycles. The van der Waals surface area contributed by atoms with E-state index in [1.165, 1.54) is 22.9 Å². The number of Topliss-reactive ketones (excluding diaryl/α,β-unsaturated/α-hetero) is 1. The first-order chi connectivity index (χ1) is 16.7. The van der Waals surface area contributed by atoms with E-state index >= 15 is 0 Å². The van der Waals surface area contributed by atoms with Crippen LogP contribution in [0.1, 0.15) is 35.3 Å². The summed E-state index contributed by atoms with van der Waals surface area (Å²) in [5.41, 5.74) is 6.08. The molecule has 7 heteroatoms. The average Bonchev–Trinajstić information content (AvgIpc) is 3.51. The number of rotatable bonds is 8. The van der Waals surface area contributed by atoms with E-state index in [0.717, 1.165) is 40.8 Å². The number of aromatic amines is 1. The molecule has 5 aromatic rings. The lowest BCUT2D eigenvalue weighted by molar-refractivity contribution is 0.102. The Hall–Kier alpha value is -3.71. The van der Waals surface area contributed by atoms with Crippen molar-refractivity contribution in [1.82, 2.24) is 24.7 Å². The Kier molecular flexibility index (Phi) is 6.27. The Morgan fingerprint density at radius 3 is 2.50 bits per heavy atom. The van der Waals surface area contributed by atoms with Gasteiger partial charge < -0.3 is 4.98 Å². The molecule has 1 N–H and O–H groups in total. The number of aromatic nitrogens is 5. The van der Waals surface area contributed by atoms with Gasteiger partial charge in [0.25, 0.3) is 0 Å². The molecule has 0 unspecified atom stereocenters. The van der Waals surface area contributed by atoms with Crippen LogP contribution in [-0.4, -0.2) is 36.3 Å². The molecule has 3 aromatic heterocycles. The van der Waals surface area contributed by atoms with Crippen molar-refractivity contribution in [2.45, 2.75) is 31.8 Å². The highest BCUT2D eigenvalue weighted by Crippen LogP contribution is 2.32. The molecule has 6 nitrogen and oxygen atoms in total. The predicted molar refractivity (Wildman–Crippen MR) is 137 cm³/mol. The van der Waals surface area contributed by atoms with Crippen molar-refractivity contribution in [3.8, 4) is 17.1 Å². The van der Waals surface area contributed by atoms with Gasteiger partial charge in [-0.05, 0) is 42.2 Å². The number of hydrogen-bond acceptors (Lipinski definition) is 5. The molecule has 34 heavy (non-hydrogen) atoms. The first-order valence-electron chi connectivity index (χ1n) is 11.4. The lowest BCUT2D eigenvalue weighted by atomic mass is 10.0. The second-order valence-corrected chi connectivity index (χ2v) is 8.92. The Morgan fingerprint density at radius 2 is 1.76 bits per heavy atom. The minimum Gasteiger partial charge on any atom is -0.360 e. The average molecular weight is 468 g/mol. The summed E-state index contributed by atoms with van der Waals surface area (Å²) < 4.78 is 2.10. The molecule has 0 atom stereocenters. The number of pyridine rings is 1. The summed E-state index contributed by atoms with van der Waals surface area (Å²) in [5, 5.41) is 10.7. The van der Waals surface area contributed by atoms with Crippen LogP contribution >= 0.6 is 11.8 Å². The summed E-state index contributed by atoms with van der Waals surface area (Å²) in [6, 6.07) is 18.1. The second kappa shape index (κ2) is 9.65. The topological polar surface area (TPSA) is 76.5 Å². The van der Waals surface area contributed by atoms with Crippen LogP contribution in [-0.2, 0) is 12.8 Å². The summed E-state index contributed by atoms with van der Waals surface area (Å²) >= 11 is 1.42. The fourth-order valence-corrected chi connectivity index (χ4v) is 5.08. The first-order valence-corrected chi connectivity index (χ1v) is 12.4. The third-order valence-corrected chi connectivity index (χ3v) is 6.89. The van der Waals surface area contributed by atoms with Gasteiger partial charge in [-0.3, -0.25) is 14.3 Å². The van der Waals surface area contributed by atoms with E-state index in [9.17, 15) is 4.79 Å². The van der Waals surface area contributed by atoms with Crippen molar-refractivity contribution in [3.05, 3.63) is 89.9 Å². The summed E-state index contributed by atoms with van der Waals surface area (Å²) in [6.45, 7) is 4.31. The van der Waals surface area contributed by atoms with Crippen molar-refractivity contribution < 1.29 is 4.79 Å². The lowest BCUT2D eigenvalue weighted by Crippen LogP contribution is -2.08. The quantitative estimate of drug-likeness (QED) is 0.227. The number of hydrogen-bond donors (Lipinski definition) is 1. The molecule has 5 rings (SSSR count). The molecule has 0 aliphatic heterocycles. The Morgan fingerprint density at radius 1 is 0.971 bits per heavy atom. The monoisotopic (exact) mass is 467 g/mol. The van der Waals surface area contributed by atoms with Crippen molar-refractivity contribution in [2.75, 3.05) is 5.75 Å². The summed E-state index contributed by atoms with van der Waals surface area (Å²) in [4.78, 5) is 20.6. The maximum absolute atomic E-state index is 13.2. The maximum atomic E-state index is 13.2. The standard InChI is InChI=1S/C27H25N5OS/c1-3-18-9-7-10-19(4-2)25(18)32-26(20-11-8-14-28-15-20)30-31-27(32)34-17-24(33)22-16-29-23-13-6-5-12-21(22)23/h5-16,29H,3-4,17H2,1-2H3. The molecular weight excluding hydrogens is 442 g/mol. The number of H-pyrrole nitrogens is 1. The number of carbonyl (C=O) groups excluding carboxylic acids is 1. The highest BCUT2D eigenvalue weighted by molar-refractivity contribution is 7.99. The summed E-state index contributed by atoms with van der Waals surface area (Å²) in [6.07, 6.45) is 7.10. The van der Waals surface area contributed by atoms with Gasteiger partial charge in [-0.15, -0.1) is 10.2 Å². The van der Waals surface area contributed by atoms with Gasteiger partial charge in [-0.2, -0.15) is 0 Å². The van der Waals surface area contributed by atoms with E-state index in [4.69, 9.17) is 0 Å². The van der Waals surface area contributed by atoms with E-state index in [0.29, 0.717) is 10.7 Å². The zero-order valence-electron chi connectivity index (χ0n) is 19.2. The molecular formula is C27H25N5OS. The molecule has 170 valence electrons. The number of nitrogens with zero attached hydrogens (tertiary/aromatic N) is 4. The van der Waals surface area contributed by atoms with Gasteiger partial charge in [0, 0.05) is 40.6 Å². The molecule has 0 bridgehead atoms. The number of ketones is 1. The van der Waals surface area contributed by atoms with Crippen molar-refractivity contribution in [2.24, 2.45) is 0 Å². The van der Waals surface area contributed by atoms with Crippen molar-refractivity contribution in [1.29, 1.82) is 0 Å². The van der Waals surface area contributed by atoms with Gasteiger partial charge in [0.2, 0.25) is 0 Å². The molecule has 0 spiro atoms. The molecule has 0 amide bonds. The smallest absolute Gasteiger partial charge is 0.196 e. The van der Waals surface area contributed by atoms with Crippen LogP contribution in [0.4, 0.5) is 0 Å². The van der Waals surface area contributed by atoms with Gasteiger partial charge in [0.05, 0.1) is 11.4 Å². The van der Waals surface area contributed by atoms with Gasteiger partial charge in [0.15, 0.2) is 16.8 Å². The van der Waals surface area contributed by atoms with Gasteiger partial charge in [-0.1, -0.05) is 62.0 Å². The number of thioether (sulfide) groups is 1. The van der Waals surface area contributed by atoms with Crippen LogP contribution in [0.25, 0.3) is 28.0 Å².